The number of nitrogens with zero attached hydrogens (tertiary/aromatic N) is 1. The molecule has 1 heterocycles. The molecular formula is C15H30N2O2. The van der Waals surface area contributed by atoms with Crippen LogP contribution < -0.4 is 5.32 Å². The van der Waals surface area contributed by atoms with Crippen molar-refractivity contribution in [2.45, 2.75) is 64.3 Å². The molecule has 0 aromatic rings. The molecule has 1 unspecified atom stereocenters. The normalized spacial score (nSPS) is 18.4. The van der Waals surface area contributed by atoms with Crippen molar-refractivity contribution < 1.29 is 9.90 Å². The first-order valence-electron chi connectivity index (χ1n) is 7.93. The summed E-state index contributed by atoms with van der Waals surface area (Å²) >= 11 is 0. The third-order valence-corrected chi connectivity index (χ3v) is 3.96. The first-order valence-corrected chi connectivity index (χ1v) is 7.93. The Morgan fingerprint density at radius 1 is 1.11 bits per heavy atom. The van der Waals surface area contributed by atoms with E-state index in [1.54, 1.807) is 0 Å². The SMILES string of the molecule is CCCCCCCCCC(C(=O)O)N1CCNCC1. The summed E-state index contributed by atoms with van der Waals surface area (Å²) in [6.45, 7) is 5.80. The van der Waals surface area contributed by atoms with E-state index in [1.807, 2.05) is 0 Å². The second kappa shape index (κ2) is 10.2. The van der Waals surface area contributed by atoms with Crippen LogP contribution >= 0.6 is 0 Å². The first-order chi connectivity index (χ1) is 9.25. The predicted molar refractivity (Wildman–Crippen MR) is 78.5 cm³/mol. The maximum Gasteiger partial charge on any atom is 0.320 e. The molecule has 1 aliphatic heterocycles. The van der Waals surface area contributed by atoms with Crippen molar-refractivity contribution in [1.82, 2.24) is 10.2 Å². The third-order valence-electron chi connectivity index (χ3n) is 3.96. The van der Waals surface area contributed by atoms with E-state index in [4.69, 9.17) is 0 Å². The zero-order valence-corrected chi connectivity index (χ0v) is 12.4. The van der Waals surface area contributed by atoms with E-state index in [-0.39, 0.29) is 6.04 Å². The lowest BCUT2D eigenvalue weighted by atomic mass is 10.0. The van der Waals surface area contributed by atoms with Gasteiger partial charge in [-0.3, -0.25) is 9.69 Å². The van der Waals surface area contributed by atoms with Crippen molar-refractivity contribution in [3.63, 3.8) is 0 Å². The number of aliphatic carboxylic acids is 1. The molecule has 1 fully saturated rings. The third kappa shape index (κ3) is 6.92. The second-order valence-corrected chi connectivity index (χ2v) is 5.55. The monoisotopic (exact) mass is 270 g/mol. The van der Waals surface area contributed by atoms with Gasteiger partial charge in [-0.2, -0.15) is 0 Å². The fourth-order valence-electron chi connectivity index (χ4n) is 2.75. The number of carboxylic acid groups (broad SMARTS) is 1. The Balaban J connectivity index is 2.13. The van der Waals surface area contributed by atoms with Gasteiger partial charge >= 0.3 is 5.97 Å². The van der Waals surface area contributed by atoms with Crippen LogP contribution in [-0.4, -0.2) is 48.2 Å². The van der Waals surface area contributed by atoms with Crippen molar-refractivity contribution >= 4 is 5.97 Å². The fourth-order valence-corrected chi connectivity index (χ4v) is 2.75. The maximum absolute atomic E-state index is 11.3. The Labute approximate surface area is 117 Å². The summed E-state index contributed by atoms with van der Waals surface area (Å²) in [5.41, 5.74) is 0. The van der Waals surface area contributed by atoms with E-state index in [1.165, 1.54) is 38.5 Å². The van der Waals surface area contributed by atoms with Crippen LogP contribution in [-0.2, 0) is 4.79 Å². The highest BCUT2D eigenvalue weighted by Gasteiger charge is 2.25. The van der Waals surface area contributed by atoms with Crippen LogP contribution in [0.25, 0.3) is 0 Å². The zero-order chi connectivity index (χ0) is 13.9. The molecule has 0 radical (unpaired) electrons. The van der Waals surface area contributed by atoms with E-state index in [0.29, 0.717) is 0 Å². The minimum atomic E-state index is -0.645. The molecule has 2 N–H and O–H groups in total. The number of rotatable bonds is 10. The van der Waals surface area contributed by atoms with Gasteiger partial charge < -0.3 is 10.4 Å². The highest BCUT2D eigenvalue weighted by molar-refractivity contribution is 5.73. The van der Waals surface area contributed by atoms with Gasteiger partial charge in [-0.15, -0.1) is 0 Å². The Morgan fingerprint density at radius 2 is 1.68 bits per heavy atom. The van der Waals surface area contributed by atoms with Gasteiger partial charge in [-0.05, 0) is 6.42 Å². The predicted octanol–water partition coefficient (Wildman–Crippen LogP) is 2.49. The van der Waals surface area contributed by atoms with Gasteiger partial charge in [0, 0.05) is 26.2 Å². The van der Waals surface area contributed by atoms with E-state index < -0.39 is 5.97 Å². The van der Waals surface area contributed by atoms with Crippen LogP contribution in [0.4, 0.5) is 0 Å². The van der Waals surface area contributed by atoms with Crippen LogP contribution in [0.5, 0.6) is 0 Å². The highest BCUT2D eigenvalue weighted by Crippen LogP contribution is 2.13. The first kappa shape index (κ1) is 16.4. The summed E-state index contributed by atoms with van der Waals surface area (Å²) in [5, 5.41) is 12.6. The molecule has 0 aromatic carbocycles. The average Bonchev–Trinajstić information content (AvgIpc) is 2.42. The van der Waals surface area contributed by atoms with Gasteiger partial charge in [0.2, 0.25) is 0 Å². The van der Waals surface area contributed by atoms with Crippen molar-refractivity contribution in [2.75, 3.05) is 26.2 Å². The van der Waals surface area contributed by atoms with E-state index in [0.717, 1.165) is 39.0 Å². The molecule has 0 aromatic heterocycles. The molecule has 0 spiro atoms. The molecule has 19 heavy (non-hydrogen) atoms. The van der Waals surface area contributed by atoms with E-state index in [2.05, 4.69) is 17.1 Å². The summed E-state index contributed by atoms with van der Waals surface area (Å²) in [6, 6.07) is -0.266. The van der Waals surface area contributed by atoms with E-state index >= 15 is 0 Å². The van der Waals surface area contributed by atoms with Crippen molar-refractivity contribution in [3.8, 4) is 0 Å². The number of hydrogen-bond donors (Lipinski definition) is 2. The van der Waals surface area contributed by atoms with Gasteiger partial charge in [-0.1, -0.05) is 51.9 Å². The maximum atomic E-state index is 11.3. The standard InChI is InChI=1S/C15H30N2O2/c1-2-3-4-5-6-7-8-9-14(15(18)19)17-12-10-16-11-13-17/h14,16H,2-13H2,1H3,(H,18,19). The molecule has 0 amide bonds. The van der Waals surface area contributed by atoms with Crippen LogP contribution in [0.15, 0.2) is 0 Å². The molecule has 1 rings (SSSR count). The lowest BCUT2D eigenvalue weighted by Crippen LogP contribution is -2.51. The van der Waals surface area contributed by atoms with Gasteiger partial charge in [0.15, 0.2) is 0 Å². The van der Waals surface area contributed by atoms with Crippen molar-refractivity contribution in [1.29, 1.82) is 0 Å². The molecular weight excluding hydrogens is 240 g/mol. The number of carboxylic acids is 1. The van der Waals surface area contributed by atoms with Crippen LogP contribution in [0.3, 0.4) is 0 Å². The second-order valence-electron chi connectivity index (χ2n) is 5.55. The summed E-state index contributed by atoms with van der Waals surface area (Å²) in [7, 11) is 0. The average molecular weight is 270 g/mol. The molecule has 112 valence electrons. The Bertz CT molecular complexity index is 240. The molecule has 0 bridgehead atoms. The smallest absolute Gasteiger partial charge is 0.320 e. The van der Waals surface area contributed by atoms with Gasteiger partial charge in [-0.25, -0.2) is 0 Å². The minimum Gasteiger partial charge on any atom is -0.480 e. The number of hydrogen-bond acceptors (Lipinski definition) is 3. The van der Waals surface area contributed by atoms with Gasteiger partial charge in [0.25, 0.3) is 0 Å². The summed E-state index contributed by atoms with van der Waals surface area (Å²) in [5.74, 6) is -0.645. The lowest BCUT2D eigenvalue weighted by molar-refractivity contribution is -0.143. The van der Waals surface area contributed by atoms with Crippen LogP contribution in [0.1, 0.15) is 58.3 Å². The van der Waals surface area contributed by atoms with Gasteiger partial charge in [0.05, 0.1) is 0 Å². The topological polar surface area (TPSA) is 52.6 Å². The molecule has 0 saturated carbocycles. The quantitative estimate of drug-likeness (QED) is 0.599. The molecule has 1 saturated heterocycles. The number of unbranched alkanes of at least 4 members (excludes halogenated alkanes) is 6. The largest absolute Gasteiger partial charge is 0.480 e. The Morgan fingerprint density at radius 3 is 2.26 bits per heavy atom. The fraction of sp³-hybridized carbons (Fsp3) is 0.933. The molecule has 4 nitrogen and oxygen atoms in total. The van der Waals surface area contributed by atoms with Crippen LogP contribution in [0, 0.1) is 0 Å². The van der Waals surface area contributed by atoms with Gasteiger partial charge in [0.1, 0.15) is 6.04 Å². The summed E-state index contributed by atoms with van der Waals surface area (Å²) < 4.78 is 0. The number of piperazine rings is 1. The Kier molecular flexibility index (Phi) is 8.84. The molecule has 1 atom stereocenters. The zero-order valence-electron chi connectivity index (χ0n) is 12.4. The van der Waals surface area contributed by atoms with Crippen molar-refractivity contribution in [2.24, 2.45) is 0 Å². The molecule has 4 heteroatoms. The summed E-state index contributed by atoms with van der Waals surface area (Å²) in [6.07, 6.45) is 9.54. The van der Waals surface area contributed by atoms with Crippen molar-refractivity contribution in [3.05, 3.63) is 0 Å². The molecule has 0 aliphatic carbocycles. The summed E-state index contributed by atoms with van der Waals surface area (Å²) in [4.78, 5) is 13.5. The Hall–Kier alpha value is -0.610. The lowest BCUT2D eigenvalue weighted by Gasteiger charge is -2.32. The minimum absolute atomic E-state index is 0.266. The molecule has 1 aliphatic rings. The van der Waals surface area contributed by atoms with Crippen LogP contribution in [0.2, 0.25) is 0 Å². The number of carbonyl (C=O) groups is 1. The highest BCUT2D eigenvalue weighted by atomic mass is 16.4. The number of nitrogens with one attached hydrogen (secondary N) is 1. The van der Waals surface area contributed by atoms with E-state index in [9.17, 15) is 9.90 Å².